The number of nitrogens with two attached hydrogens (primary N) is 1. The molecule has 110 valence electrons. The summed E-state index contributed by atoms with van der Waals surface area (Å²) in [6, 6.07) is 5.20. The molecule has 0 bridgehead atoms. The molecule has 1 aromatic carbocycles. The molecule has 2 rings (SSSR count). The molecule has 1 heterocycles. The van der Waals surface area contributed by atoms with E-state index in [2.05, 4.69) is 0 Å². The van der Waals surface area contributed by atoms with Gasteiger partial charge in [0.1, 0.15) is 0 Å². The van der Waals surface area contributed by atoms with Gasteiger partial charge in [0.15, 0.2) is 11.5 Å². The number of ether oxygens (including phenoxy) is 2. The average Bonchev–Trinajstić information content (AvgIpc) is 2.43. The van der Waals surface area contributed by atoms with Gasteiger partial charge in [-0.15, -0.1) is 0 Å². The van der Waals surface area contributed by atoms with E-state index in [9.17, 15) is 9.90 Å². The normalized spacial score (nSPS) is 14.8. The molecule has 20 heavy (non-hydrogen) atoms. The number of β-amino-alcohol motifs (C(OH)–C–C–N with tert-alkyl or cyclic N) is 1. The fourth-order valence-corrected chi connectivity index (χ4v) is 2.04. The summed E-state index contributed by atoms with van der Waals surface area (Å²) in [6.45, 7) is 1.67. The Labute approximate surface area is 118 Å². The van der Waals surface area contributed by atoms with E-state index in [-0.39, 0.29) is 5.91 Å². The molecule has 6 heteroatoms. The third kappa shape index (κ3) is 3.02. The Morgan fingerprint density at radius 1 is 1.50 bits per heavy atom. The first-order valence-corrected chi connectivity index (χ1v) is 6.64. The molecular formula is C14H20N2O4. The summed E-state index contributed by atoms with van der Waals surface area (Å²) in [5.41, 5.74) is 5.89. The van der Waals surface area contributed by atoms with Gasteiger partial charge in [0.05, 0.1) is 25.4 Å². The molecule has 1 fully saturated rings. The number of likely N-dealkylation sites (tertiary alicyclic amines) is 1. The highest BCUT2D eigenvalue weighted by atomic mass is 16.5. The summed E-state index contributed by atoms with van der Waals surface area (Å²) < 4.78 is 10.9. The number of carbonyl (C=O) groups is 1. The second-order valence-electron chi connectivity index (χ2n) is 4.69. The number of para-hydroxylation sites is 1. The number of benzene rings is 1. The van der Waals surface area contributed by atoms with Crippen molar-refractivity contribution in [3.05, 3.63) is 23.8 Å². The molecule has 1 saturated heterocycles. The Kier molecular flexibility index (Phi) is 4.81. The minimum atomic E-state index is -0.425. The van der Waals surface area contributed by atoms with Crippen LogP contribution in [0.25, 0.3) is 0 Å². The largest absolute Gasteiger partial charge is 0.493 e. The molecule has 0 unspecified atom stereocenters. The first-order chi connectivity index (χ1) is 9.67. The van der Waals surface area contributed by atoms with Gasteiger partial charge < -0.3 is 25.2 Å². The Morgan fingerprint density at radius 3 is 2.85 bits per heavy atom. The Morgan fingerprint density at radius 2 is 2.25 bits per heavy atom. The second-order valence-corrected chi connectivity index (χ2v) is 4.69. The van der Waals surface area contributed by atoms with Crippen LogP contribution >= 0.6 is 0 Å². The van der Waals surface area contributed by atoms with Crippen molar-refractivity contribution >= 4 is 5.91 Å². The summed E-state index contributed by atoms with van der Waals surface area (Å²) in [7, 11) is 1.53. The zero-order chi connectivity index (χ0) is 14.5. The van der Waals surface area contributed by atoms with Gasteiger partial charge in [-0.3, -0.25) is 4.79 Å². The molecule has 1 aromatic rings. The maximum atomic E-state index is 12.3. The number of aliphatic hydroxyl groups excluding tert-OH is 1. The van der Waals surface area contributed by atoms with Crippen LogP contribution in [0.3, 0.4) is 0 Å². The summed E-state index contributed by atoms with van der Waals surface area (Å²) in [6.07, 6.45) is 0.278. The molecule has 0 spiro atoms. The molecule has 6 nitrogen and oxygen atoms in total. The van der Waals surface area contributed by atoms with Crippen LogP contribution in [0.1, 0.15) is 16.8 Å². The highest BCUT2D eigenvalue weighted by Gasteiger charge is 2.31. The standard InChI is InChI=1S/C14H20N2O4/c1-19-12-5-2-4-11(13(12)20-7-3-6-15)14(18)16-8-10(17)9-16/h2,4-5,10,17H,3,6-9,15H2,1H3. The van der Waals surface area contributed by atoms with E-state index >= 15 is 0 Å². The number of aliphatic hydroxyl groups is 1. The zero-order valence-electron chi connectivity index (χ0n) is 11.5. The monoisotopic (exact) mass is 280 g/mol. The van der Waals surface area contributed by atoms with Gasteiger partial charge in [-0.25, -0.2) is 0 Å². The van der Waals surface area contributed by atoms with Crippen molar-refractivity contribution in [2.45, 2.75) is 12.5 Å². The fourth-order valence-electron chi connectivity index (χ4n) is 2.04. The zero-order valence-corrected chi connectivity index (χ0v) is 11.5. The van der Waals surface area contributed by atoms with E-state index < -0.39 is 6.10 Å². The predicted octanol–water partition coefficient (Wildman–Crippen LogP) is 0.239. The molecule has 3 N–H and O–H groups in total. The third-order valence-corrected chi connectivity index (χ3v) is 3.17. The van der Waals surface area contributed by atoms with Crippen LogP contribution in [-0.4, -0.2) is 55.4 Å². The number of nitrogens with zero attached hydrogens (tertiary/aromatic N) is 1. The number of carbonyl (C=O) groups excluding carboxylic acids is 1. The lowest BCUT2D eigenvalue weighted by atomic mass is 10.1. The summed E-state index contributed by atoms with van der Waals surface area (Å²) in [5, 5.41) is 9.29. The Bertz CT molecular complexity index is 472. The van der Waals surface area contributed by atoms with Crippen molar-refractivity contribution in [3.63, 3.8) is 0 Å². The summed E-state index contributed by atoms with van der Waals surface area (Å²) in [5.74, 6) is 0.806. The van der Waals surface area contributed by atoms with Crippen molar-refractivity contribution in [3.8, 4) is 11.5 Å². The van der Waals surface area contributed by atoms with Gasteiger partial charge in [0.2, 0.25) is 0 Å². The molecule has 0 aromatic heterocycles. The minimum Gasteiger partial charge on any atom is -0.493 e. The maximum Gasteiger partial charge on any atom is 0.257 e. The first kappa shape index (κ1) is 14.6. The lowest BCUT2D eigenvalue weighted by Crippen LogP contribution is -2.53. The second kappa shape index (κ2) is 6.58. The third-order valence-electron chi connectivity index (χ3n) is 3.17. The molecule has 0 aliphatic carbocycles. The Hall–Kier alpha value is -1.79. The fraction of sp³-hybridized carbons (Fsp3) is 0.500. The molecule has 1 amide bonds. The molecule has 0 radical (unpaired) electrons. The quantitative estimate of drug-likeness (QED) is 0.729. The SMILES string of the molecule is COc1cccc(C(=O)N2CC(O)C2)c1OCCCN. The van der Waals surface area contributed by atoms with E-state index in [1.54, 1.807) is 23.1 Å². The van der Waals surface area contributed by atoms with Crippen molar-refractivity contribution < 1.29 is 19.4 Å². The summed E-state index contributed by atoms with van der Waals surface area (Å²) in [4.78, 5) is 13.9. The highest BCUT2D eigenvalue weighted by molar-refractivity contribution is 5.98. The van der Waals surface area contributed by atoms with Crippen LogP contribution in [0, 0.1) is 0 Å². The van der Waals surface area contributed by atoms with E-state index in [1.165, 1.54) is 7.11 Å². The van der Waals surface area contributed by atoms with Crippen LogP contribution in [0.15, 0.2) is 18.2 Å². The van der Waals surface area contributed by atoms with Crippen molar-refractivity contribution in [2.75, 3.05) is 33.4 Å². The molecule has 1 aliphatic heterocycles. The molecule has 0 atom stereocenters. The van der Waals surface area contributed by atoms with Crippen LogP contribution in [-0.2, 0) is 0 Å². The van der Waals surface area contributed by atoms with Gasteiger partial charge in [0.25, 0.3) is 5.91 Å². The first-order valence-electron chi connectivity index (χ1n) is 6.64. The highest BCUT2D eigenvalue weighted by Crippen LogP contribution is 2.32. The topological polar surface area (TPSA) is 85.0 Å². The number of amides is 1. The maximum absolute atomic E-state index is 12.3. The number of rotatable bonds is 6. The van der Waals surface area contributed by atoms with Crippen LogP contribution in [0.5, 0.6) is 11.5 Å². The van der Waals surface area contributed by atoms with Crippen molar-refractivity contribution in [1.82, 2.24) is 4.90 Å². The van der Waals surface area contributed by atoms with Gasteiger partial charge in [0, 0.05) is 13.1 Å². The summed E-state index contributed by atoms with van der Waals surface area (Å²) >= 11 is 0. The molecular weight excluding hydrogens is 260 g/mol. The predicted molar refractivity (Wildman–Crippen MR) is 74.1 cm³/mol. The van der Waals surface area contributed by atoms with Crippen LogP contribution < -0.4 is 15.2 Å². The number of hydrogen-bond acceptors (Lipinski definition) is 5. The minimum absolute atomic E-state index is 0.156. The van der Waals surface area contributed by atoms with Gasteiger partial charge >= 0.3 is 0 Å². The van der Waals surface area contributed by atoms with Gasteiger partial charge in [-0.2, -0.15) is 0 Å². The number of methoxy groups -OCH3 is 1. The van der Waals surface area contributed by atoms with E-state index in [4.69, 9.17) is 15.2 Å². The van der Waals surface area contributed by atoms with Crippen LogP contribution in [0.2, 0.25) is 0 Å². The Balaban J connectivity index is 2.19. The molecule has 1 aliphatic rings. The van der Waals surface area contributed by atoms with E-state index in [0.29, 0.717) is 49.7 Å². The lowest BCUT2D eigenvalue weighted by molar-refractivity contribution is 0.00562. The van der Waals surface area contributed by atoms with E-state index in [0.717, 1.165) is 0 Å². The number of hydrogen-bond donors (Lipinski definition) is 2. The van der Waals surface area contributed by atoms with Crippen molar-refractivity contribution in [2.24, 2.45) is 5.73 Å². The van der Waals surface area contributed by atoms with Gasteiger partial charge in [-0.05, 0) is 25.1 Å². The lowest BCUT2D eigenvalue weighted by Gasteiger charge is -2.36. The smallest absolute Gasteiger partial charge is 0.257 e. The van der Waals surface area contributed by atoms with Gasteiger partial charge in [-0.1, -0.05) is 6.07 Å². The van der Waals surface area contributed by atoms with E-state index in [1.807, 2.05) is 0 Å². The van der Waals surface area contributed by atoms with Crippen LogP contribution in [0.4, 0.5) is 0 Å². The molecule has 0 saturated carbocycles. The van der Waals surface area contributed by atoms with Crippen molar-refractivity contribution in [1.29, 1.82) is 0 Å². The average molecular weight is 280 g/mol.